The Labute approximate surface area is 148 Å². The molecule has 0 saturated heterocycles. The summed E-state index contributed by atoms with van der Waals surface area (Å²) in [4.78, 5) is 25.6. The second kappa shape index (κ2) is 7.31. The number of carbonyl (C=O) groups excluding carboxylic acids is 2. The molecule has 1 amide bonds. The predicted octanol–water partition coefficient (Wildman–Crippen LogP) is 3.64. The molecule has 25 heavy (non-hydrogen) atoms. The fraction of sp³-hybridized carbons (Fsp3) is 0.182. The molecular formula is C22H21NO2. The molecule has 2 aromatic carbocycles. The SMILES string of the molecule is C=CC(=O)Cc1cccc([C@H]2CN(C(=O)C=C)Cc3ccccc32)c1. The minimum atomic E-state index is -0.0579. The summed E-state index contributed by atoms with van der Waals surface area (Å²) in [5.74, 6) is 0.0368. The largest absolute Gasteiger partial charge is 0.334 e. The van der Waals surface area contributed by atoms with E-state index in [0.717, 1.165) is 16.7 Å². The van der Waals surface area contributed by atoms with Gasteiger partial charge in [0.2, 0.25) is 5.91 Å². The van der Waals surface area contributed by atoms with Crippen molar-refractivity contribution < 1.29 is 9.59 Å². The van der Waals surface area contributed by atoms with Crippen molar-refractivity contribution in [3.8, 4) is 0 Å². The highest BCUT2D eigenvalue weighted by atomic mass is 16.2. The summed E-state index contributed by atoms with van der Waals surface area (Å²) < 4.78 is 0. The maximum atomic E-state index is 12.2. The van der Waals surface area contributed by atoms with E-state index < -0.39 is 0 Å². The Kier molecular flexibility index (Phi) is 4.94. The normalized spacial score (nSPS) is 16.0. The van der Waals surface area contributed by atoms with Crippen LogP contribution in [0.4, 0.5) is 0 Å². The molecule has 0 radical (unpaired) electrons. The van der Waals surface area contributed by atoms with Crippen LogP contribution in [0.2, 0.25) is 0 Å². The zero-order chi connectivity index (χ0) is 17.8. The van der Waals surface area contributed by atoms with Crippen LogP contribution in [0, 0.1) is 0 Å². The van der Waals surface area contributed by atoms with Gasteiger partial charge in [-0.25, -0.2) is 0 Å². The Morgan fingerprint density at radius 2 is 1.88 bits per heavy atom. The maximum Gasteiger partial charge on any atom is 0.246 e. The van der Waals surface area contributed by atoms with Gasteiger partial charge >= 0.3 is 0 Å². The van der Waals surface area contributed by atoms with E-state index >= 15 is 0 Å². The minimum Gasteiger partial charge on any atom is -0.334 e. The smallest absolute Gasteiger partial charge is 0.246 e. The Hall–Kier alpha value is -2.94. The van der Waals surface area contributed by atoms with Gasteiger partial charge in [0.15, 0.2) is 5.78 Å². The van der Waals surface area contributed by atoms with Crippen LogP contribution in [0.3, 0.4) is 0 Å². The molecule has 1 aliphatic heterocycles. The first kappa shape index (κ1) is 16.9. The third-order valence-electron chi connectivity index (χ3n) is 4.64. The standard InChI is InChI=1S/C22H21NO2/c1-3-19(24)13-16-8-7-10-17(12-16)21-15-23(22(25)4-2)14-18-9-5-6-11-20(18)21/h3-12,21H,1-2,13-15H2/t21-/m1/s1. The number of fused-ring (bicyclic) bond motifs is 1. The summed E-state index contributed by atoms with van der Waals surface area (Å²) in [5, 5.41) is 0. The van der Waals surface area contributed by atoms with Crippen molar-refractivity contribution in [2.24, 2.45) is 0 Å². The molecule has 3 nitrogen and oxygen atoms in total. The fourth-order valence-electron chi connectivity index (χ4n) is 3.38. The Morgan fingerprint density at radius 1 is 1.08 bits per heavy atom. The van der Waals surface area contributed by atoms with E-state index in [1.54, 1.807) is 0 Å². The number of allylic oxidation sites excluding steroid dienone is 1. The third-order valence-corrected chi connectivity index (χ3v) is 4.64. The lowest BCUT2D eigenvalue weighted by Gasteiger charge is -2.34. The monoisotopic (exact) mass is 331 g/mol. The highest BCUT2D eigenvalue weighted by Crippen LogP contribution is 2.34. The number of benzene rings is 2. The molecule has 3 rings (SSSR count). The lowest BCUT2D eigenvalue weighted by atomic mass is 9.84. The van der Waals surface area contributed by atoms with E-state index in [1.165, 1.54) is 17.7 Å². The van der Waals surface area contributed by atoms with Crippen LogP contribution in [0.15, 0.2) is 73.8 Å². The number of hydrogen-bond donors (Lipinski definition) is 0. The first-order chi connectivity index (χ1) is 12.1. The molecule has 126 valence electrons. The van der Waals surface area contributed by atoms with Gasteiger partial charge in [-0.15, -0.1) is 0 Å². The molecule has 0 spiro atoms. The van der Waals surface area contributed by atoms with Crippen LogP contribution >= 0.6 is 0 Å². The molecule has 1 aliphatic rings. The summed E-state index contributed by atoms with van der Waals surface area (Å²) in [6.07, 6.45) is 3.07. The first-order valence-corrected chi connectivity index (χ1v) is 8.35. The van der Waals surface area contributed by atoms with Crippen LogP contribution in [0.1, 0.15) is 28.2 Å². The Balaban J connectivity index is 1.98. The van der Waals surface area contributed by atoms with Crippen molar-refractivity contribution in [2.45, 2.75) is 18.9 Å². The van der Waals surface area contributed by atoms with Gasteiger partial charge in [0.1, 0.15) is 0 Å². The summed E-state index contributed by atoms with van der Waals surface area (Å²) in [5.41, 5.74) is 4.47. The van der Waals surface area contributed by atoms with Gasteiger partial charge in [-0.05, 0) is 34.4 Å². The van der Waals surface area contributed by atoms with Gasteiger partial charge < -0.3 is 4.90 Å². The van der Waals surface area contributed by atoms with E-state index in [2.05, 4.69) is 37.4 Å². The lowest BCUT2D eigenvalue weighted by Crippen LogP contribution is -2.37. The highest BCUT2D eigenvalue weighted by Gasteiger charge is 2.28. The number of ketones is 1. The summed E-state index contributed by atoms with van der Waals surface area (Å²) in [6.45, 7) is 8.36. The molecule has 1 atom stereocenters. The number of nitrogens with zero attached hydrogens (tertiary/aromatic N) is 1. The van der Waals surface area contributed by atoms with Crippen LogP contribution in [-0.2, 0) is 22.6 Å². The molecule has 0 unspecified atom stereocenters. The van der Waals surface area contributed by atoms with Gasteiger partial charge in [-0.1, -0.05) is 61.7 Å². The Bertz CT molecular complexity index is 837. The molecule has 0 bridgehead atoms. The highest BCUT2D eigenvalue weighted by molar-refractivity contribution is 5.90. The number of amides is 1. The van der Waals surface area contributed by atoms with Crippen molar-refractivity contribution >= 4 is 11.7 Å². The van der Waals surface area contributed by atoms with Gasteiger partial charge in [0, 0.05) is 25.4 Å². The first-order valence-electron chi connectivity index (χ1n) is 8.35. The van der Waals surface area contributed by atoms with E-state index in [1.807, 2.05) is 29.2 Å². The summed E-state index contributed by atoms with van der Waals surface area (Å²) in [6, 6.07) is 16.3. The van der Waals surface area contributed by atoms with E-state index in [4.69, 9.17) is 0 Å². The molecule has 0 fully saturated rings. The van der Waals surface area contributed by atoms with Crippen molar-refractivity contribution in [2.75, 3.05) is 6.54 Å². The summed E-state index contributed by atoms with van der Waals surface area (Å²) >= 11 is 0. The van der Waals surface area contributed by atoms with Crippen molar-refractivity contribution in [1.82, 2.24) is 4.90 Å². The Morgan fingerprint density at radius 3 is 2.64 bits per heavy atom. The number of hydrogen-bond acceptors (Lipinski definition) is 2. The number of carbonyl (C=O) groups is 2. The van der Waals surface area contributed by atoms with Crippen LogP contribution < -0.4 is 0 Å². The topological polar surface area (TPSA) is 37.4 Å². The van der Waals surface area contributed by atoms with E-state index in [9.17, 15) is 9.59 Å². The minimum absolute atomic E-state index is 0.00431. The second-order valence-corrected chi connectivity index (χ2v) is 6.27. The van der Waals surface area contributed by atoms with E-state index in [0.29, 0.717) is 19.5 Å². The molecular weight excluding hydrogens is 310 g/mol. The quantitative estimate of drug-likeness (QED) is 0.784. The second-order valence-electron chi connectivity index (χ2n) is 6.27. The zero-order valence-corrected chi connectivity index (χ0v) is 14.2. The average molecular weight is 331 g/mol. The summed E-state index contributed by atoms with van der Waals surface area (Å²) in [7, 11) is 0. The molecule has 0 aliphatic carbocycles. The fourth-order valence-corrected chi connectivity index (χ4v) is 3.38. The molecule has 0 saturated carbocycles. The van der Waals surface area contributed by atoms with Crippen molar-refractivity contribution in [3.05, 3.63) is 96.1 Å². The zero-order valence-electron chi connectivity index (χ0n) is 14.2. The molecule has 0 N–H and O–H groups in total. The van der Waals surface area contributed by atoms with E-state index in [-0.39, 0.29) is 17.6 Å². The van der Waals surface area contributed by atoms with Crippen molar-refractivity contribution in [3.63, 3.8) is 0 Å². The van der Waals surface area contributed by atoms with Crippen LogP contribution in [-0.4, -0.2) is 23.1 Å². The van der Waals surface area contributed by atoms with Gasteiger partial charge in [0.25, 0.3) is 0 Å². The molecule has 2 aromatic rings. The molecule has 0 aromatic heterocycles. The van der Waals surface area contributed by atoms with Crippen LogP contribution in [0.25, 0.3) is 0 Å². The lowest BCUT2D eigenvalue weighted by molar-refractivity contribution is -0.127. The van der Waals surface area contributed by atoms with Gasteiger partial charge in [0.05, 0.1) is 0 Å². The maximum absolute atomic E-state index is 12.2. The van der Waals surface area contributed by atoms with Gasteiger partial charge in [-0.3, -0.25) is 9.59 Å². The average Bonchev–Trinajstić information content (AvgIpc) is 2.66. The predicted molar refractivity (Wildman–Crippen MR) is 99.2 cm³/mol. The molecule has 1 heterocycles. The van der Waals surface area contributed by atoms with Crippen LogP contribution in [0.5, 0.6) is 0 Å². The molecule has 3 heteroatoms. The van der Waals surface area contributed by atoms with Gasteiger partial charge in [-0.2, -0.15) is 0 Å². The third kappa shape index (κ3) is 3.61. The number of rotatable bonds is 5. The van der Waals surface area contributed by atoms with Crippen molar-refractivity contribution in [1.29, 1.82) is 0 Å².